The Hall–Kier alpha value is -2.04. The van der Waals surface area contributed by atoms with Crippen molar-refractivity contribution in [3.05, 3.63) is 35.9 Å². The van der Waals surface area contributed by atoms with Crippen molar-refractivity contribution in [2.24, 2.45) is 0 Å². The maximum atomic E-state index is 12.7. The van der Waals surface area contributed by atoms with Gasteiger partial charge in [0.15, 0.2) is 0 Å². The summed E-state index contributed by atoms with van der Waals surface area (Å²) in [7, 11) is 0. The van der Waals surface area contributed by atoms with Gasteiger partial charge in [-0.2, -0.15) is 0 Å². The van der Waals surface area contributed by atoms with E-state index >= 15 is 0 Å². The molecule has 5 heteroatoms. The van der Waals surface area contributed by atoms with Gasteiger partial charge in [-0.3, -0.25) is 0 Å². The summed E-state index contributed by atoms with van der Waals surface area (Å²) in [5.74, 6) is -0.364. The number of hydrogen-bond donors (Lipinski definition) is 1. The largest absolute Gasteiger partial charge is 0.459 e. The maximum absolute atomic E-state index is 12.7. The molecule has 0 bridgehead atoms. The summed E-state index contributed by atoms with van der Waals surface area (Å²) >= 11 is 0. The number of urea groups is 1. The topological polar surface area (TPSA) is 58.6 Å². The number of nitrogens with one attached hydrogen (secondary N) is 1. The Morgan fingerprint density at radius 3 is 2.44 bits per heavy atom. The molecule has 1 heterocycles. The van der Waals surface area contributed by atoms with Crippen molar-refractivity contribution >= 4 is 12.0 Å². The van der Waals surface area contributed by atoms with E-state index in [4.69, 9.17) is 4.74 Å². The van der Waals surface area contributed by atoms with Gasteiger partial charge < -0.3 is 15.0 Å². The molecule has 5 nitrogen and oxygen atoms in total. The first-order chi connectivity index (χ1) is 12.0. The molecule has 0 spiro atoms. The molecular weight excluding hydrogens is 316 g/mol. The SMILES string of the molecule is CCC[C@H](NC(=O)N1[C@H](C)CCC[C@@H]1C)C(=O)OCc1ccccc1. The first kappa shape index (κ1) is 19.3. The lowest BCUT2D eigenvalue weighted by atomic mass is 9.98. The molecule has 1 aliphatic heterocycles. The molecule has 138 valence electrons. The second-order valence-corrected chi connectivity index (χ2v) is 6.92. The molecule has 25 heavy (non-hydrogen) atoms. The summed E-state index contributed by atoms with van der Waals surface area (Å²) in [6.07, 6.45) is 4.54. The van der Waals surface area contributed by atoms with Crippen LogP contribution in [0.1, 0.15) is 58.4 Å². The third-order valence-corrected chi connectivity index (χ3v) is 4.81. The Bertz CT molecular complexity index is 551. The van der Waals surface area contributed by atoms with Gasteiger partial charge in [0.05, 0.1) is 0 Å². The highest BCUT2D eigenvalue weighted by atomic mass is 16.5. The number of rotatable bonds is 6. The molecule has 0 aromatic heterocycles. The average Bonchev–Trinajstić information content (AvgIpc) is 2.60. The molecule has 1 fully saturated rings. The Morgan fingerprint density at radius 2 is 1.84 bits per heavy atom. The smallest absolute Gasteiger partial charge is 0.329 e. The molecule has 1 saturated heterocycles. The first-order valence-corrected chi connectivity index (χ1v) is 9.32. The summed E-state index contributed by atoms with van der Waals surface area (Å²) in [4.78, 5) is 27.0. The molecular formula is C20H30N2O3. The zero-order valence-electron chi connectivity index (χ0n) is 15.5. The quantitative estimate of drug-likeness (QED) is 0.796. The number of piperidine rings is 1. The van der Waals surface area contributed by atoms with Crippen molar-refractivity contribution in [3.63, 3.8) is 0 Å². The molecule has 0 unspecified atom stereocenters. The molecule has 3 atom stereocenters. The van der Waals surface area contributed by atoms with E-state index in [9.17, 15) is 9.59 Å². The van der Waals surface area contributed by atoms with Gasteiger partial charge in [0.25, 0.3) is 0 Å². The lowest BCUT2D eigenvalue weighted by molar-refractivity contribution is -0.147. The van der Waals surface area contributed by atoms with Gasteiger partial charge in [-0.05, 0) is 45.1 Å². The summed E-state index contributed by atoms with van der Waals surface area (Å²) in [5, 5.41) is 2.90. The molecule has 1 aromatic carbocycles. The van der Waals surface area contributed by atoms with E-state index in [1.807, 2.05) is 42.2 Å². The van der Waals surface area contributed by atoms with Crippen LogP contribution in [-0.2, 0) is 16.1 Å². The predicted molar refractivity (Wildman–Crippen MR) is 98.1 cm³/mol. The van der Waals surface area contributed by atoms with E-state index in [1.165, 1.54) is 0 Å². The summed E-state index contributed by atoms with van der Waals surface area (Å²) in [6, 6.07) is 9.22. The lowest BCUT2D eigenvalue weighted by Gasteiger charge is -2.39. The zero-order chi connectivity index (χ0) is 18.2. The molecule has 1 N–H and O–H groups in total. The number of carbonyl (C=O) groups excluding carboxylic acids is 2. The van der Waals surface area contributed by atoms with E-state index in [2.05, 4.69) is 19.2 Å². The van der Waals surface area contributed by atoms with Crippen molar-refractivity contribution in [1.82, 2.24) is 10.2 Å². The molecule has 0 saturated carbocycles. The van der Waals surface area contributed by atoms with Gasteiger partial charge in [0, 0.05) is 12.1 Å². The zero-order valence-corrected chi connectivity index (χ0v) is 15.5. The Morgan fingerprint density at radius 1 is 1.20 bits per heavy atom. The number of benzene rings is 1. The number of ether oxygens (including phenoxy) is 1. The van der Waals surface area contributed by atoms with Gasteiger partial charge in [0.2, 0.25) is 0 Å². The number of carbonyl (C=O) groups is 2. The third-order valence-electron chi connectivity index (χ3n) is 4.81. The molecule has 1 aliphatic rings. The highest BCUT2D eigenvalue weighted by Crippen LogP contribution is 2.22. The van der Waals surface area contributed by atoms with E-state index in [-0.39, 0.29) is 30.7 Å². The number of amides is 2. The number of esters is 1. The fraction of sp³-hybridized carbons (Fsp3) is 0.600. The second-order valence-electron chi connectivity index (χ2n) is 6.92. The number of hydrogen-bond acceptors (Lipinski definition) is 3. The van der Waals surface area contributed by atoms with Crippen LogP contribution in [0.15, 0.2) is 30.3 Å². The van der Waals surface area contributed by atoms with Crippen LogP contribution in [0.3, 0.4) is 0 Å². The minimum Gasteiger partial charge on any atom is -0.459 e. The third kappa shape index (κ3) is 5.48. The first-order valence-electron chi connectivity index (χ1n) is 9.32. The molecule has 0 radical (unpaired) electrons. The molecule has 1 aromatic rings. The Kier molecular flexibility index (Phi) is 7.29. The van der Waals surface area contributed by atoms with Crippen LogP contribution in [0.2, 0.25) is 0 Å². The highest BCUT2D eigenvalue weighted by molar-refractivity contribution is 5.84. The monoisotopic (exact) mass is 346 g/mol. The van der Waals surface area contributed by atoms with Crippen LogP contribution in [-0.4, -0.2) is 35.0 Å². The predicted octanol–water partition coefficient (Wildman–Crippen LogP) is 3.87. The number of likely N-dealkylation sites (tertiary alicyclic amines) is 1. The summed E-state index contributed by atoms with van der Waals surface area (Å²) in [5.41, 5.74) is 0.940. The Balaban J connectivity index is 1.94. The average molecular weight is 346 g/mol. The normalized spacial score (nSPS) is 21.5. The van der Waals surface area contributed by atoms with Gasteiger partial charge in [-0.1, -0.05) is 43.7 Å². The minimum atomic E-state index is -0.595. The van der Waals surface area contributed by atoms with E-state index in [0.29, 0.717) is 6.42 Å². The number of nitrogens with zero attached hydrogens (tertiary/aromatic N) is 1. The lowest BCUT2D eigenvalue weighted by Crippen LogP contribution is -2.55. The van der Waals surface area contributed by atoms with Crippen molar-refractivity contribution < 1.29 is 14.3 Å². The summed E-state index contributed by atoms with van der Waals surface area (Å²) in [6.45, 7) is 6.36. The van der Waals surface area contributed by atoms with Gasteiger partial charge in [0.1, 0.15) is 12.6 Å². The standard InChI is InChI=1S/C20H30N2O3/c1-4-9-18(19(23)25-14-17-12-6-5-7-13-17)21-20(24)22-15(2)10-8-11-16(22)3/h5-7,12-13,15-16,18H,4,8-11,14H2,1-3H3,(H,21,24)/t15-,16+,18-/m0/s1. The van der Waals surface area contributed by atoms with Crippen molar-refractivity contribution in [1.29, 1.82) is 0 Å². The van der Waals surface area contributed by atoms with Crippen molar-refractivity contribution in [2.45, 2.75) is 77.6 Å². The Labute approximate surface area is 150 Å². The fourth-order valence-corrected chi connectivity index (χ4v) is 3.41. The molecule has 0 aliphatic carbocycles. The van der Waals surface area contributed by atoms with Crippen molar-refractivity contribution in [3.8, 4) is 0 Å². The van der Waals surface area contributed by atoms with Crippen LogP contribution >= 0.6 is 0 Å². The molecule has 2 rings (SSSR count). The maximum Gasteiger partial charge on any atom is 0.329 e. The highest BCUT2D eigenvalue weighted by Gasteiger charge is 2.31. The van der Waals surface area contributed by atoms with Crippen LogP contribution in [0.5, 0.6) is 0 Å². The van der Waals surface area contributed by atoms with Crippen LogP contribution in [0.4, 0.5) is 4.79 Å². The van der Waals surface area contributed by atoms with E-state index in [0.717, 1.165) is 31.2 Å². The van der Waals surface area contributed by atoms with Crippen LogP contribution in [0, 0.1) is 0 Å². The van der Waals surface area contributed by atoms with Crippen molar-refractivity contribution in [2.75, 3.05) is 0 Å². The van der Waals surface area contributed by atoms with Gasteiger partial charge in [-0.25, -0.2) is 9.59 Å². The minimum absolute atomic E-state index is 0.158. The van der Waals surface area contributed by atoms with E-state index < -0.39 is 6.04 Å². The van der Waals surface area contributed by atoms with Gasteiger partial charge in [-0.15, -0.1) is 0 Å². The molecule has 2 amide bonds. The van der Waals surface area contributed by atoms with Crippen LogP contribution < -0.4 is 5.32 Å². The van der Waals surface area contributed by atoms with Crippen LogP contribution in [0.25, 0.3) is 0 Å². The van der Waals surface area contributed by atoms with Gasteiger partial charge >= 0.3 is 12.0 Å². The fourth-order valence-electron chi connectivity index (χ4n) is 3.41. The second kappa shape index (κ2) is 9.44. The van der Waals surface area contributed by atoms with E-state index in [1.54, 1.807) is 0 Å². The summed E-state index contributed by atoms with van der Waals surface area (Å²) < 4.78 is 5.41.